The van der Waals surface area contributed by atoms with E-state index < -0.39 is 0 Å². The number of hydrogen-bond acceptors (Lipinski definition) is 1. The van der Waals surface area contributed by atoms with E-state index >= 15 is 0 Å². The summed E-state index contributed by atoms with van der Waals surface area (Å²) in [4.78, 5) is 2.20. The maximum Gasteiger partial charge on any atom is 0.0596 e. The van der Waals surface area contributed by atoms with Crippen molar-refractivity contribution in [2.75, 3.05) is 20.1 Å². The molecule has 0 unspecified atom stereocenters. The van der Waals surface area contributed by atoms with Gasteiger partial charge in [0, 0.05) is 0 Å². The van der Waals surface area contributed by atoms with Gasteiger partial charge in [-0.25, -0.2) is 0 Å². The van der Waals surface area contributed by atoms with Crippen molar-refractivity contribution >= 4 is 0 Å². The van der Waals surface area contributed by atoms with Gasteiger partial charge in [-0.15, -0.1) is 6.42 Å². The lowest BCUT2D eigenvalue weighted by Gasteiger charge is -2.12. The Kier molecular flexibility index (Phi) is 8.27. The van der Waals surface area contributed by atoms with Crippen LogP contribution in [-0.4, -0.2) is 25.0 Å². The highest BCUT2D eigenvalue weighted by Crippen LogP contribution is 2.02. The Bertz CT molecular complexity index is 123. The summed E-state index contributed by atoms with van der Waals surface area (Å²) in [5.41, 5.74) is 0. The Hall–Kier alpha value is -0.480. The summed E-state index contributed by atoms with van der Waals surface area (Å²) in [5, 5.41) is 0. The topological polar surface area (TPSA) is 3.24 Å². The van der Waals surface area contributed by atoms with Crippen LogP contribution in [0.4, 0.5) is 0 Å². The fourth-order valence-corrected chi connectivity index (χ4v) is 1.22. The van der Waals surface area contributed by atoms with E-state index in [2.05, 4.69) is 24.8 Å². The molecule has 0 aliphatic heterocycles. The molecule has 0 heterocycles. The van der Waals surface area contributed by atoms with Gasteiger partial charge in [-0.2, -0.15) is 0 Å². The predicted octanol–water partition coefficient (Wildman–Crippen LogP) is 2.52. The molecule has 0 atom stereocenters. The molecule has 0 rings (SSSR count). The number of rotatable bonds is 7. The van der Waals surface area contributed by atoms with Gasteiger partial charge in [-0.05, 0) is 20.0 Å². The van der Waals surface area contributed by atoms with Gasteiger partial charge in [0.05, 0.1) is 6.54 Å². The standard InChI is InChI=1S/C11H21N/c1-4-6-7-8-9-11-12(3)10-5-2/h2H,4,6-11H2,1,3H3. The van der Waals surface area contributed by atoms with Crippen molar-refractivity contribution in [1.29, 1.82) is 0 Å². The first-order valence-corrected chi connectivity index (χ1v) is 4.93. The lowest BCUT2D eigenvalue weighted by atomic mass is 10.1. The normalized spacial score (nSPS) is 10.2. The van der Waals surface area contributed by atoms with Crippen molar-refractivity contribution < 1.29 is 0 Å². The van der Waals surface area contributed by atoms with Crippen LogP contribution in [0.2, 0.25) is 0 Å². The Morgan fingerprint density at radius 2 is 1.83 bits per heavy atom. The molecular weight excluding hydrogens is 146 g/mol. The van der Waals surface area contributed by atoms with E-state index in [1.807, 2.05) is 0 Å². The Balaban J connectivity index is 3.04. The average Bonchev–Trinajstić information content (AvgIpc) is 2.05. The lowest BCUT2D eigenvalue weighted by Crippen LogP contribution is -2.19. The van der Waals surface area contributed by atoms with Crippen LogP contribution in [0.5, 0.6) is 0 Å². The first kappa shape index (κ1) is 11.5. The minimum Gasteiger partial charge on any atom is -0.295 e. The van der Waals surface area contributed by atoms with Crippen LogP contribution in [0.25, 0.3) is 0 Å². The highest BCUT2D eigenvalue weighted by molar-refractivity contribution is 4.86. The highest BCUT2D eigenvalue weighted by atomic mass is 15.1. The molecule has 0 saturated heterocycles. The molecule has 0 aliphatic carbocycles. The van der Waals surface area contributed by atoms with Crippen LogP contribution in [0.15, 0.2) is 0 Å². The highest BCUT2D eigenvalue weighted by Gasteiger charge is 1.94. The van der Waals surface area contributed by atoms with Crippen molar-refractivity contribution in [2.24, 2.45) is 0 Å². The molecule has 0 bridgehead atoms. The van der Waals surface area contributed by atoms with Crippen LogP contribution in [0, 0.1) is 12.3 Å². The fraction of sp³-hybridized carbons (Fsp3) is 0.818. The third kappa shape index (κ3) is 7.63. The van der Waals surface area contributed by atoms with Gasteiger partial charge in [-0.1, -0.05) is 38.5 Å². The van der Waals surface area contributed by atoms with E-state index in [-0.39, 0.29) is 0 Å². The summed E-state index contributed by atoms with van der Waals surface area (Å²) < 4.78 is 0. The van der Waals surface area contributed by atoms with E-state index in [0.717, 1.165) is 13.1 Å². The molecule has 0 N–H and O–H groups in total. The Morgan fingerprint density at radius 1 is 1.17 bits per heavy atom. The summed E-state index contributed by atoms with van der Waals surface area (Å²) in [5.74, 6) is 2.65. The van der Waals surface area contributed by atoms with E-state index in [1.165, 1.54) is 32.1 Å². The second-order valence-corrected chi connectivity index (χ2v) is 3.36. The van der Waals surface area contributed by atoms with Crippen molar-refractivity contribution in [3.8, 4) is 12.3 Å². The van der Waals surface area contributed by atoms with Crippen molar-refractivity contribution in [3.05, 3.63) is 0 Å². The lowest BCUT2D eigenvalue weighted by molar-refractivity contribution is 0.361. The number of terminal acetylenes is 1. The molecular formula is C11H21N. The molecule has 12 heavy (non-hydrogen) atoms. The minimum absolute atomic E-state index is 0.785. The molecule has 0 aromatic rings. The van der Waals surface area contributed by atoms with Gasteiger partial charge in [0.15, 0.2) is 0 Å². The van der Waals surface area contributed by atoms with E-state index in [0.29, 0.717) is 0 Å². The minimum atomic E-state index is 0.785. The van der Waals surface area contributed by atoms with Gasteiger partial charge in [-0.3, -0.25) is 4.90 Å². The van der Waals surface area contributed by atoms with Gasteiger partial charge in [0.2, 0.25) is 0 Å². The second-order valence-electron chi connectivity index (χ2n) is 3.36. The summed E-state index contributed by atoms with van der Waals surface area (Å²) in [6, 6.07) is 0. The van der Waals surface area contributed by atoms with Gasteiger partial charge in [0.25, 0.3) is 0 Å². The van der Waals surface area contributed by atoms with Crippen LogP contribution in [0.1, 0.15) is 39.0 Å². The monoisotopic (exact) mass is 167 g/mol. The second kappa shape index (κ2) is 8.62. The summed E-state index contributed by atoms with van der Waals surface area (Å²) in [6.45, 7) is 4.17. The summed E-state index contributed by atoms with van der Waals surface area (Å²) in [6.07, 6.45) is 11.9. The first-order chi connectivity index (χ1) is 5.81. The maximum absolute atomic E-state index is 5.19. The first-order valence-electron chi connectivity index (χ1n) is 4.93. The quantitative estimate of drug-likeness (QED) is 0.416. The van der Waals surface area contributed by atoms with Crippen molar-refractivity contribution in [2.45, 2.75) is 39.0 Å². The van der Waals surface area contributed by atoms with E-state index in [4.69, 9.17) is 6.42 Å². The van der Waals surface area contributed by atoms with Crippen molar-refractivity contribution in [3.63, 3.8) is 0 Å². The third-order valence-electron chi connectivity index (χ3n) is 2.00. The van der Waals surface area contributed by atoms with E-state index in [1.54, 1.807) is 0 Å². The average molecular weight is 167 g/mol. The van der Waals surface area contributed by atoms with Crippen LogP contribution in [-0.2, 0) is 0 Å². The number of nitrogens with zero attached hydrogens (tertiary/aromatic N) is 1. The zero-order chi connectivity index (χ0) is 9.23. The molecule has 0 saturated carbocycles. The van der Waals surface area contributed by atoms with Crippen LogP contribution >= 0.6 is 0 Å². The van der Waals surface area contributed by atoms with Gasteiger partial charge in [0.1, 0.15) is 0 Å². The molecule has 0 aliphatic rings. The fourth-order valence-electron chi connectivity index (χ4n) is 1.22. The maximum atomic E-state index is 5.19. The zero-order valence-electron chi connectivity index (χ0n) is 8.47. The molecule has 1 heteroatoms. The Morgan fingerprint density at radius 3 is 2.42 bits per heavy atom. The largest absolute Gasteiger partial charge is 0.295 e. The van der Waals surface area contributed by atoms with Crippen LogP contribution in [0.3, 0.4) is 0 Å². The predicted molar refractivity (Wildman–Crippen MR) is 55.1 cm³/mol. The molecule has 0 aromatic carbocycles. The summed E-state index contributed by atoms with van der Waals surface area (Å²) >= 11 is 0. The molecule has 0 amide bonds. The molecule has 0 fully saturated rings. The van der Waals surface area contributed by atoms with Crippen LogP contribution < -0.4 is 0 Å². The smallest absolute Gasteiger partial charge is 0.0596 e. The molecule has 1 nitrogen and oxygen atoms in total. The third-order valence-corrected chi connectivity index (χ3v) is 2.00. The van der Waals surface area contributed by atoms with Crippen molar-refractivity contribution in [1.82, 2.24) is 4.90 Å². The Labute approximate surface area is 77.1 Å². The molecule has 70 valence electrons. The number of hydrogen-bond donors (Lipinski definition) is 0. The molecule has 0 aromatic heterocycles. The molecule has 0 spiro atoms. The SMILES string of the molecule is C#CCN(C)CCCCCCC. The van der Waals surface area contributed by atoms with E-state index in [9.17, 15) is 0 Å². The molecule has 0 radical (unpaired) electrons. The number of unbranched alkanes of at least 4 members (excludes halogenated alkanes) is 4. The van der Waals surface area contributed by atoms with Gasteiger partial charge < -0.3 is 0 Å². The van der Waals surface area contributed by atoms with Gasteiger partial charge >= 0.3 is 0 Å². The summed E-state index contributed by atoms with van der Waals surface area (Å²) in [7, 11) is 2.08. The zero-order valence-corrected chi connectivity index (χ0v) is 8.47.